The molecule has 0 saturated heterocycles. The largest absolute Gasteiger partial charge is 0.449 e. The molecule has 0 radical (unpaired) electrons. The number of benzene rings is 1. The van der Waals surface area contributed by atoms with Crippen LogP contribution >= 0.6 is 0 Å². The van der Waals surface area contributed by atoms with Gasteiger partial charge >= 0.3 is 6.09 Å². The summed E-state index contributed by atoms with van der Waals surface area (Å²) in [4.78, 5) is 10.8. The van der Waals surface area contributed by atoms with Crippen LogP contribution in [0.25, 0.3) is 0 Å². The first-order valence-corrected chi connectivity index (χ1v) is 8.64. The van der Waals surface area contributed by atoms with Crippen molar-refractivity contribution in [2.45, 2.75) is 51.4 Å². The molecule has 4 heteroatoms. The van der Waals surface area contributed by atoms with Gasteiger partial charge in [-0.05, 0) is 67.1 Å². The lowest BCUT2D eigenvalue weighted by Crippen LogP contribution is -2.25. The summed E-state index contributed by atoms with van der Waals surface area (Å²) >= 11 is 0. The van der Waals surface area contributed by atoms with Gasteiger partial charge in [0.15, 0.2) is 0 Å². The monoisotopic (exact) mass is 317 g/mol. The van der Waals surface area contributed by atoms with Crippen molar-refractivity contribution in [2.24, 2.45) is 17.1 Å². The van der Waals surface area contributed by atoms with E-state index in [0.717, 1.165) is 38.5 Å². The molecular weight excluding hydrogens is 290 g/mol. The minimum atomic E-state index is -0.679. The standard InChI is InChI=1S/C19H27NO3/c1-19(12-23-18(20)22)7-6-17(10-19)16-5-4-14-8-13(11-21)2-3-15(14)9-16/h4-5,9,13,17,21H,2-3,6-8,10-12H2,1H3,(H2,20,22)/t13?,17-,19+/m1/s1. The van der Waals surface area contributed by atoms with Gasteiger partial charge in [-0.3, -0.25) is 0 Å². The van der Waals surface area contributed by atoms with E-state index in [4.69, 9.17) is 10.5 Å². The first kappa shape index (κ1) is 16.3. The molecule has 126 valence electrons. The van der Waals surface area contributed by atoms with Crippen LogP contribution in [-0.4, -0.2) is 24.4 Å². The number of amides is 1. The highest BCUT2D eigenvalue weighted by atomic mass is 16.5. The van der Waals surface area contributed by atoms with Gasteiger partial charge in [0.2, 0.25) is 0 Å². The molecule has 1 saturated carbocycles. The molecule has 2 aliphatic carbocycles. The Labute approximate surface area is 138 Å². The zero-order chi connectivity index (χ0) is 16.4. The number of primary amides is 1. The second kappa shape index (κ2) is 6.52. The summed E-state index contributed by atoms with van der Waals surface area (Å²) < 4.78 is 5.04. The Morgan fingerprint density at radius 2 is 2.22 bits per heavy atom. The average Bonchev–Trinajstić information content (AvgIpc) is 2.95. The topological polar surface area (TPSA) is 72.5 Å². The molecular formula is C19H27NO3. The second-order valence-corrected chi connectivity index (χ2v) is 7.68. The van der Waals surface area contributed by atoms with Gasteiger partial charge in [-0.2, -0.15) is 0 Å². The Morgan fingerprint density at radius 3 is 2.96 bits per heavy atom. The van der Waals surface area contributed by atoms with E-state index in [-0.39, 0.29) is 5.41 Å². The average molecular weight is 317 g/mol. The summed E-state index contributed by atoms with van der Waals surface area (Å²) in [5.74, 6) is 0.964. The highest BCUT2D eigenvalue weighted by Crippen LogP contribution is 2.47. The number of aliphatic hydroxyl groups excluding tert-OH is 1. The van der Waals surface area contributed by atoms with Crippen LogP contribution in [0.4, 0.5) is 4.79 Å². The number of rotatable bonds is 4. The van der Waals surface area contributed by atoms with Crippen molar-refractivity contribution < 1.29 is 14.6 Å². The van der Waals surface area contributed by atoms with E-state index in [1.165, 1.54) is 16.7 Å². The minimum absolute atomic E-state index is 0.0393. The summed E-state index contributed by atoms with van der Waals surface area (Å²) in [6.45, 7) is 2.89. The molecule has 3 atom stereocenters. The lowest BCUT2D eigenvalue weighted by Gasteiger charge is -2.25. The smallest absolute Gasteiger partial charge is 0.404 e. The minimum Gasteiger partial charge on any atom is -0.449 e. The van der Waals surface area contributed by atoms with E-state index in [1.54, 1.807) is 0 Å². The molecule has 1 aromatic rings. The number of nitrogens with two attached hydrogens (primary N) is 1. The van der Waals surface area contributed by atoms with Crippen molar-refractivity contribution in [2.75, 3.05) is 13.2 Å². The van der Waals surface area contributed by atoms with Crippen molar-refractivity contribution >= 4 is 6.09 Å². The number of hydrogen-bond acceptors (Lipinski definition) is 3. The summed E-state index contributed by atoms with van der Waals surface area (Å²) in [7, 11) is 0. The Morgan fingerprint density at radius 1 is 1.39 bits per heavy atom. The molecule has 23 heavy (non-hydrogen) atoms. The molecule has 4 nitrogen and oxygen atoms in total. The number of aryl methyl sites for hydroxylation is 1. The fraction of sp³-hybridized carbons (Fsp3) is 0.632. The second-order valence-electron chi connectivity index (χ2n) is 7.68. The maximum Gasteiger partial charge on any atom is 0.404 e. The van der Waals surface area contributed by atoms with Gasteiger partial charge in [-0.15, -0.1) is 0 Å². The van der Waals surface area contributed by atoms with Crippen molar-refractivity contribution in [1.29, 1.82) is 0 Å². The molecule has 0 spiro atoms. The number of hydrogen-bond donors (Lipinski definition) is 2. The summed E-state index contributed by atoms with van der Waals surface area (Å²) in [5.41, 5.74) is 9.40. The Kier molecular flexibility index (Phi) is 4.62. The van der Waals surface area contributed by atoms with Crippen LogP contribution in [0.5, 0.6) is 0 Å². The molecule has 0 aromatic heterocycles. The number of ether oxygens (including phenoxy) is 1. The predicted molar refractivity (Wildman–Crippen MR) is 89.3 cm³/mol. The van der Waals surface area contributed by atoms with Gasteiger partial charge in [0.1, 0.15) is 0 Å². The van der Waals surface area contributed by atoms with Crippen molar-refractivity contribution in [3.63, 3.8) is 0 Å². The van der Waals surface area contributed by atoms with E-state index < -0.39 is 6.09 Å². The molecule has 1 amide bonds. The fourth-order valence-corrected chi connectivity index (χ4v) is 4.24. The Hall–Kier alpha value is -1.55. The maximum atomic E-state index is 10.8. The fourth-order valence-electron chi connectivity index (χ4n) is 4.24. The van der Waals surface area contributed by atoms with Gasteiger partial charge in [0.25, 0.3) is 0 Å². The van der Waals surface area contributed by atoms with Crippen LogP contribution in [0.15, 0.2) is 18.2 Å². The molecule has 2 aliphatic rings. The summed E-state index contributed by atoms with van der Waals surface area (Å²) in [6.07, 6.45) is 5.72. The lowest BCUT2D eigenvalue weighted by atomic mass is 9.81. The molecule has 3 rings (SSSR count). The third kappa shape index (κ3) is 3.69. The predicted octanol–water partition coefficient (Wildman–Crippen LogP) is 3.15. The number of carbonyl (C=O) groups is 1. The van der Waals surface area contributed by atoms with Crippen LogP contribution < -0.4 is 5.73 Å². The highest BCUT2D eigenvalue weighted by molar-refractivity contribution is 5.64. The summed E-state index contributed by atoms with van der Waals surface area (Å²) in [6, 6.07) is 6.88. The van der Waals surface area contributed by atoms with Crippen LogP contribution in [0.2, 0.25) is 0 Å². The first-order chi connectivity index (χ1) is 11.0. The lowest BCUT2D eigenvalue weighted by molar-refractivity contribution is 0.0999. The molecule has 1 aromatic carbocycles. The van der Waals surface area contributed by atoms with Crippen LogP contribution in [0.1, 0.15) is 55.2 Å². The van der Waals surface area contributed by atoms with E-state index in [1.807, 2.05) is 0 Å². The van der Waals surface area contributed by atoms with Crippen molar-refractivity contribution in [3.05, 3.63) is 34.9 Å². The highest BCUT2D eigenvalue weighted by Gasteiger charge is 2.37. The third-order valence-corrected chi connectivity index (χ3v) is 5.69. The van der Waals surface area contributed by atoms with Gasteiger partial charge in [-0.25, -0.2) is 4.79 Å². The quantitative estimate of drug-likeness (QED) is 0.896. The van der Waals surface area contributed by atoms with Gasteiger partial charge in [0.05, 0.1) is 6.61 Å². The van der Waals surface area contributed by atoms with Crippen molar-refractivity contribution in [1.82, 2.24) is 0 Å². The Balaban J connectivity index is 1.68. The first-order valence-electron chi connectivity index (χ1n) is 8.64. The van der Waals surface area contributed by atoms with Crippen LogP contribution in [0, 0.1) is 11.3 Å². The maximum absolute atomic E-state index is 10.8. The van der Waals surface area contributed by atoms with E-state index in [9.17, 15) is 9.90 Å². The van der Waals surface area contributed by atoms with E-state index in [0.29, 0.717) is 25.0 Å². The summed E-state index contributed by atoms with van der Waals surface area (Å²) in [5, 5.41) is 9.35. The van der Waals surface area contributed by atoms with Crippen LogP contribution in [0.3, 0.4) is 0 Å². The molecule has 1 fully saturated rings. The van der Waals surface area contributed by atoms with E-state index >= 15 is 0 Å². The molecule has 0 bridgehead atoms. The zero-order valence-corrected chi connectivity index (χ0v) is 13.9. The van der Waals surface area contributed by atoms with Crippen molar-refractivity contribution in [3.8, 4) is 0 Å². The van der Waals surface area contributed by atoms with Gasteiger partial charge < -0.3 is 15.6 Å². The number of fused-ring (bicyclic) bond motifs is 1. The Bertz CT molecular complexity index is 586. The third-order valence-electron chi connectivity index (χ3n) is 5.69. The van der Waals surface area contributed by atoms with E-state index in [2.05, 4.69) is 25.1 Å². The number of aliphatic hydroxyl groups is 1. The molecule has 0 heterocycles. The molecule has 0 aliphatic heterocycles. The van der Waals surface area contributed by atoms with Gasteiger partial charge in [-0.1, -0.05) is 25.1 Å². The van der Waals surface area contributed by atoms with Crippen LogP contribution in [-0.2, 0) is 17.6 Å². The molecule has 3 N–H and O–H groups in total. The van der Waals surface area contributed by atoms with Gasteiger partial charge in [0, 0.05) is 12.0 Å². The number of carbonyl (C=O) groups excluding carboxylic acids is 1. The SMILES string of the molecule is C[C@]1(COC(N)=O)CC[C@@H](c2ccc3c(c2)CCC(CO)C3)C1. The zero-order valence-electron chi connectivity index (χ0n) is 13.9. The molecule has 1 unspecified atom stereocenters. The normalized spacial score (nSPS) is 30.0.